The first-order chi connectivity index (χ1) is 8.68. The lowest BCUT2D eigenvalue weighted by Crippen LogP contribution is -2.28. The van der Waals surface area contributed by atoms with Gasteiger partial charge >= 0.3 is 0 Å². The Balaban J connectivity index is 2.02. The number of hydrogen-bond donors (Lipinski definition) is 1. The monoisotopic (exact) mass is 249 g/mol. The second-order valence-corrected chi connectivity index (χ2v) is 4.12. The fourth-order valence-electron chi connectivity index (χ4n) is 1.41. The third-order valence-corrected chi connectivity index (χ3v) is 2.34. The van der Waals surface area contributed by atoms with Crippen molar-refractivity contribution in [1.82, 2.24) is 5.32 Å². The molecule has 1 aromatic rings. The molecule has 1 aromatic carbocycles. The molecule has 0 aliphatic rings. The summed E-state index contributed by atoms with van der Waals surface area (Å²) in [6.45, 7) is 2.67. The van der Waals surface area contributed by atoms with Gasteiger partial charge in [0.05, 0.1) is 13.2 Å². The summed E-state index contributed by atoms with van der Waals surface area (Å²) in [5, 5.41) is 2.55. The maximum absolute atomic E-state index is 11.3. The second-order valence-electron chi connectivity index (χ2n) is 4.12. The smallest absolute Gasteiger partial charge is 0.220 e. The van der Waals surface area contributed by atoms with E-state index in [1.54, 1.807) is 0 Å². The number of nitrogens with one attached hydrogen (secondary N) is 1. The lowest BCUT2D eigenvalue weighted by molar-refractivity contribution is -0.124. The molecule has 1 rings (SSSR count). The van der Waals surface area contributed by atoms with Gasteiger partial charge in [-0.3, -0.25) is 9.59 Å². The van der Waals surface area contributed by atoms with Crippen LogP contribution in [-0.4, -0.2) is 24.8 Å². The fraction of sp³-hybridized carbons (Fsp3) is 0.429. The minimum atomic E-state index is -0.103. The topological polar surface area (TPSA) is 55.4 Å². The molecule has 0 atom stereocenters. The first-order valence-electron chi connectivity index (χ1n) is 6.06. The molecule has 0 saturated carbocycles. The lowest BCUT2D eigenvalue weighted by atomic mass is 10.2. The first kappa shape index (κ1) is 14.4. The van der Waals surface area contributed by atoms with Crippen molar-refractivity contribution < 1.29 is 14.3 Å². The summed E-state index contributed by atoms with van der Waals surface area (Å²) in [7, 11) is 0. The van der Waals surface area contributed by atoms with Crippen LogP contribution in [0.3, 0.4) is 0 Å². The third-order valence-electron chi connectivity index (χ3n) is 2.34. The number of Topliss-reactive ketones (excluding diaryl/α,β-unsaturated/α-hetero) is 1. The van der Waals surface area contributed by atoms with Gasteiger partial charge in [-0.05, 0) is 18.9 Å². The molecule has 0 heterocycles. The van der Waals surface area contributed by atoms with Crippen LogP contribution in [-0.2, 0) is 20.9 Å². The van der Waals surface area contributed by atoms with E-state index >= 15 is 0 Å². The van der Waals surface area contributed by atoms with Crippen molar-refractivity contribution in [1.29, 1.82) is 0 Å². The van der Waals surface area contributed by atoms with Crippen LogP contribution < -0.4 is 5.32 Å². The number of benzene rings is 1. The Morgan fingerprint density at radius 3 is 2.61 bits per heavy atom. The minimum Gasteiger partial charge on any atom is -0.377 e. The van der Waals surface area contributed by atoms with Gasteiger partial charge in [-0.1, -0.05) is 30.3 Å². The first-order valence-corrected chi connectivity index (χ1v) is 6.06. The van der Waals surface area contributed by atoms with E-state index in [0.29, 0.717) is 26.1 Å². The number of ether oxygens (including phenoxy) is 1. The average Bonchev–Trinajstić information content (AvgIpc) is 2.37. The molecule has 0 fully saturated rings. The fourth-order valence-corrected chi connectivity index (χ4v) is 1.41. The molecule has 4 heteroatoms. The van der Waals surface area contributed by atoms with Gasteiger partial charge in [-0.25, -0.2) is 0 Å². The third kappa shape index (κ3) is 6.81. The lowest BCUT2D eigenvalue weighted by Gasteiger charge is -2.05. The Morgan fingerprint density at radius 1 is 1.22 bits per heavy atom. The maximum Gasteiger partial charge on any atom is 0.220 e. The van der Waals surface area contributed by atoms with Crippen molar-refractivity contribution in [3.63, 3.8) is 0 Å². The van der Waals surface area contributed by atoms with Gasteiger partial charge in [0.15, 0.2) is 0 Å². The summed E-state index contributed by atoms with van der Waals surface area (Å²) in [6, 6.07) is 9.89. The van der Waals surface area contributed by atoms with E-state index in [-0.39, 0.29) is 18.2 Å². The molecular weight excluding hydrogens is 230 g/mol. The minimum absolute atomic E-state index is 0.0383. The molecule has 18 heavy (non-hydrogen) atoms. The van der Waals surface area contributed by atoms with Crippen molar-refractivity contribution in [2.45, 2.75) is 26.4 Å². The normalized spacial score (nSPS) is 10.1. The summed E-state index contributed by atoms with van der Waals surface area (Å²) in [4.78, 5) is 21.9. The Kier molecular flexibility index (Phi) is 6.72. The van der Waals surface area contributed by atoms with Gasteiger partial charge < -0.3 is 10.1 Å². The molecule has 0 aliphatic heterocycles. The Morgan fingerprint density at radius 2 is 1.94 bits per heavy atom. The Hall–Kier alpha value is -1.68. The van der Waals surface area contributed by atoms with Gasteiger partial charge in [-0.2, -0.15) is 0 Å². The number of carbonyl (C=O) groups is 2. The molecule has 1 N–H and O–H groups in total. The zero-order valence-corrected chi connectivity index (χ0v) is 10.6. The van der Waals surface area contributed by atoms with Crippen LogP contribution in [0.5, 0.6) is 0 Å². The molecule has 1 amide bonds. The highest BCUT2D eigenvalue weighted by molar-refractivity contribution is 5.84. The molecular formula is C14H19NO3. The molecule has 0 saturated heterocycles. The molecule has 98 valence electrons. The zero-order chi connectivity index (χ0) is 13.2. The molecule has 0 spiro atoms. The van der Waals surface area contributed by atoms with Gasteiger partial charge in [0, 0.05) is 13.0 Å². The molecule has 0 unspecified atom stereocenters. The van der Waals surface area contributed by atoms with Crippen LogP contribution in [0, 0.1) is 0 Å². The van der Waals surface area contributed by atoms with Gasteiger partial charge in [-0.15, -0.1) is 0 Å². The van der Waals surface area contributed by atoms with Crippen molar-refractivity contribution in [3.05, 3.63) is 35.9 Å². The number of carbonyl (C=O) groups excluding carboxylic acids is 2. The summed E-state index contributed by atoms with van der Waals surface area (Å²) < 4.78 is 5.45. The molecule has 0 aliphatic carbocycles. The van der Waals surface area contributed by atoms with E-state index in [4.69, 9.17) is 4.74 Å². The van der Waals surface area contributed by atoms with E-state index in [1.807, 2.05) is 30.3 Å². The van der Waals surface area contributed by atoms with E-state index in [0.717, 1.165) is 5.56 Å². The van der Waals surface area contributed by atoms with Crippen molar-refractivity contribution in [2.75, 3.05) is 13.2 Å². The SMILES string of the molecule is CC(=O)CNC(=O)CCCOCc1ccccc1. The highest BCUT2D eigenvalue weighted by atomic mass is 16.5. The maximum atomic E-state index is 11.3. The largest absolute Gasteiger partial charge is 0.377 e. The van der Waals surface area contributed by atoms with Crippen LogP contribution in [0.25, 0.3) is 0 Å². The quantitative estimate of drug-likeness (QED) is 0.713. The second kappa shape index (κ2) is 8.42. The highest BCUT2D eigenvalue weighted by Gasteiger charge is 2.01. The van der Waals surface area contributed by atoms with Crippen molar-refractivity contribution in [3.8, 4) is 0 Å². The predicted octanol–water partition coefficient (Wildman–Crippen LogP) is 1.69. The van der Waals surface area contributed by atoms with Crippen LogP contribution in [0.4, 0.5) is 0 Å². The molecule has 0 radical (unpaired) electrons. The van der Waals surface area contributed by atoms with Gasteiger partial charge in [0.2, 0.25) is 5.91 Å². The van der Waals surface area contributed by atoms with Crippen molar-refractivity contribution in [2.24, 2.45) is 0 Å². The average molecular weight is 249 g/mol. The van der Waals surface area contributed by atoms with E-state index in [9.17, 15) is 9.59 Å². The van der Waals surface area contributed by atoms with Crippen LogP contribution >= 0.6 is 0 Å². The zero-order valence-electron chi connectivity index (χ0n) is 10.6. The Labute approximate surface area is 107 Å². The molecule has 0 bridgehead atoms. The van der Waals surface area contributed by atoms with Crippen LogP contribution in [0.2, 0.25) is 0 Å². The summed E-state index contributed by atoms with van der Waals surface area (Å²) in [6.07, 6.45) is 1.05. The standard InChI is InChI=1S/C14H19NO3/c1-12(16)10-15-14(17)8-5-9-18-11-13-6-3-2-4-7-13/h2-4,6-7H,5,8-11H2,1H3,(H,15,17). The van der Waals surface area contributed by atoms with Gasteiger partial charge in [0.1, 0.15) is 5.78 Å². The summed E-state index contributed by atoms with van der Waals surface area (Å²) in [5.41, 5.74) is 1.12. The van der Waals surface area contributed by atoms with Crippen molar-refractivity contribution >= 4 is 11.7 Å². The summed E-state index contributed by atoms with van der Waals surface area (Å²) in [5.74, 6) is -0.141. The molecule has 4 nitrogen and oxygen atoms in total. The number of amides is 1. The van der Waals surface area contributed by atoms with Crippen LogP contribution in [0.15, 0.2) is 30.3 Å². The van der Waals surface area contributed by atoms with Gasteiger partial charge in [0.25, 0.3) is 0 Å². The van der Waals surface area contributed by atoms with E-state index in [2.05, 4.69) is 5.32 Å². The Bertz CT molecular complexity index is 376. The highest BCUT2D eigenvalue weighted by Crippen LogP contribution is 2.01. The molecule has 0 aromatic heterocycles. The van der Waals surface area contributed by atoms with E-state index < -0.39 is 0 Å². The number of rotatable bonds is 8. The summed E-state index contributed by atoms with van der Waals surface area (Å²) >= 11 is 0. The number of hydrogen-bond acceptors (Lipinski definition) is 3. The van der Waals surface area contributed by atoms with E-state index in [1.165, 1.54) is 6.92 Å². The predicted molar refractivity (Wildman–Crippen MR) is 69.0 cm³/mol. The van der Waals surface area contributed by atoms with Crippen LogP contribution in [0.1, 0.15) is 25.3 Å². The number of ketones is 1.